The molecule has 0 radical (unpaired) electrons. The number of anilines is 3. The first-order valence-corrected chi connectivity index (χ1v) is 9.80. The Morgan fingerprint density at radius 2 is 1.86 bits per heavy atom. The van der Waals surface area contributed by atoms with Gasteiger partial charge in [-0.3, -0.25) is 9.59 Å². The zero-order valence-electron chi connectivity index (χ0n) is 16.1. The van der Waals surface area contributed by atoms with Gasteiger partial charge in [-0.15, -0.1) is 11.3 Å². The molecule has 9 heteroatoms. The van der Waals surface area contributed by atoms with Crippen molar-refractivity contribution in [2.24, 2.45) is 0 Å². The third kappa shape index (κ3) is 5.82. The van der Waals surface area contributed by atoms with Gasteiger partial charge in [-0.1, -0.05) is 18.2 Å². The fourth-order valence-corrected chi connectivity index (χ4v) is 3.37. The Hall–Kier alpha value is -3.33. The van der Waals surface area contributed by atoms with E-state index in [0.717, 1.165) is 16.1 Å². The van der Waals surface area contributed by atoms with Crippen molar-refractivity contribution in [2.75, 3.05) is 11.1 Å². The summed E-state index contributed by atoms with van der Waals surface area (Å²) in [4.78, 5) is 38.0. The summed E-state index contributed by atoms with van der Waals surface area (Å²) < 4.78 is 5.18. The van der Waals surface area contributed by atoms with Crippen molar-refractivity contribution in [3.63, 3.8) is 0 Å². The van der Waals surface area contributed by atoms with E-state index >= 15 is 0 Å². The first-order chi connectivity index (χ1) is 13.9. The zero-order valence-corrected chi connectivity index (χ0v) is 17.0. The molecule has 0 aliphatic rings. The summed E-state index contributed by atoms with van der Waals surface area (Å²) in [7, 11) is 0. The van der Waals surface area contributed by atoms with Gasteiger partial charge in [0.25, 0.3) is 0 Å². The van der Waals surface area contributed by atoms with Gasteiger partial charge in [0.05, 0.1) is 11.3 Å². The van der Waals surface area contributed by atoms with Crippen molar-refractivity contribution in [3.05, 3.63) is 57.5 Å². The van der Waals surface area contributed by atoms with Crippen LogP contribution in [0.5, 0.6) is 0 Å². The van der Waals surface area contributed by atoms with Crippen molar-refractivity contribution in [2.45, 2.75) is 33.3 Å². The van der Waals surface area contributed by atoms with Crippen molar-refractivity contribution >= 4 is 40.7 Å². The molecule has 0 atom stereocenters. The molecule has 0 aliphatic heterocycles. The van der Waals surface area contributed by atoms with Crippen molar-refractivity contribution in [1.29, 1.82) is 0 Å². The summed E-state index contributed by atoms with van der Waals surface area (Å²) in [6, 6.07) is 11.3. The van der Waals surface area contributed by atoms with Crippen LogP contribution in [0.2, 0.25) is 0 Å². The lowest BCUT2D eigenvalue weighted by molar-refractivity contribution is -0.145. The fraction of sp³-hybridized carbons (Fsp3) is 0.250. The summed E-state index contributed by atoms with van der Waals surface area (Å²) in [5.74, 6) is -0.0678. The zero-order chi connectivity index (χ0) is 20.8. The number of nitrogens with two attached hydrogens (primary N) is 1. The maximum Gasteiger partial charge on any atom is 0.306 e. The average molecular weight is 411 g/mol. The van der Waals surface area contributed by atoms with Crippen LogP contribution >= 0.6 is 11.3 Å². The molecule has 0 amide bonds. The minimum absolute atomic E-state index is 0.00926. The Bertz CT molecular complexity index is 1030. The van der Waals surface area contributed by atoms with Gasteiger partial charge >= 0.3 is 5.97 Å². The van der Waals surface area contributed by atoms with Crippen LogP contribution in [0.25, 0.3) is 0 Å². The van der Waals surface area contributed by atoms with Crippen molar-refractivity contribution in [3.8, 4) is 0 Å². The number of aryl methyl sites for hydroxylation is 2. The second-order valence-corrected chi connectivity index (χ2v) is 7.66. The molecular weight excluding hydrogens is 390 g/mol. The van der Waals surface area contributed by atoms with E-state index in [4.69, 9.17) is 10.5 Å². The first kappa shape index (κ1) is 20.4. The molecule has 8 nitrogen and oxygen atoms in total. The van der Waals surface area contributed by atoms with E-state index in [9.17, 15) is 9.59 Å². The number of nitrogens with one attached hydrogen (secondary N) is 1. The molecule has 2 heterocycles. The van der Waals surface area contributed by atoms with E-state index in [1.165, 1.54) is 11.3 Å². The Morgan fingerprint density at radius 1 is 1.07 bits per heavy atom. The third-order valence-corrected chi connectivity index (χ3v) is 5.07. The number of Topliss-reactive ketones (excluding diaryl/α,β-unsaturated/α-hetero) is 1. The highest BCUT2D eigenvalue weighted by molar-refractivity contribution is 7.14. The van der Waals surface area contributed by atoms with Crippen LogP contribution in [0.15, 0.2) is 36.4 Å². The first-order valence-electron chi connectivity index (χ1n) is 8.99. The van der Waals surface area contributed by atoms with Crippen LogP contribution < -0.4 is 11.1 Å². The quantitative estimate of drug-likeness (QED) is 0.426. The molecule has 3 aromatic rings. The van der Waals surface area contributed by atoms with E-state index in [0.29, 0.717) is 4.88 Å². The highest BCUT2D eigenvalue weighted by Gasteiger charge is 2.13. The number of para-hydroxylation sites is 1. The number of hydrogen-bond donors (Lipinski definition) is 2. The van der Waals surface area contributed by atoms with Gasteiger partial charge < -0.3 is 15.8 Å². The Balaban J connectivity index is 1.54. The number of benzene rings is 1. The predicted molar refractivity (Wildman–Crippen MR) is 111 cm³/mol. The smallest absolute Gasteiger partial charge is 0.306 e. The number of nitrogens with zero attached hydrogens (tertiary/aromatic N) is 3. The Morgan fingerprint density at radius 3 is 2.59 bits per heavy atom. The highest BCUT2D eigenvalue weighted by Crippen LogP contribution is 2.19. The van der Waals surface area contributed by atoms with E-state index in [1.54, 1.807) is 6.07 Å². The molecule has 29 heavy (non-hydrogen) atoms. The topological polar surface area (TPSA) is 120 Å². The van der Waals surface area contributed by atoms with Gasteiger partial charge in [-0.05, 0) is 37.6 Å². The molecule has 0 fully saturated rings. The monoisotopic (exact) mass is 411 g/mol. The molecule has 2 aromatic heterocycles. The fourth-order valence-electron chi connectivity index (χ4n) is 2.53. The molecule has 150 valence electrons. The molecule has 0 unspecified atom stereocenters. The van der Waals surface area contributed by atoms with Gasteiger partial charge in [-0.2, -0.15) is 15.0 Å². The lowest BCUT2D eigenvalue weighted by Crippen LogP contribution is -2.12. The summed E-state index contributed by atoms with van der Waals surface area (Å²) in [6.45, 7) is 3.73. The van der Waals surface area contributed by atoms with E-state index < -0.39 is 5.97 Å². The second kappa shape index (κ2) is 9.24. The Kier molecular flexibility index (Phi) is 6.50. The summed E-state index contributed by atoms with van der Waals surface area (Å²) in [5.41, 5.74) is 7.59. The molecule has 0 saturated heterocycles. The largest absolute Gasteiger partial charge is 0.457 e. The molecule has 3 N–H and O–H groups in total. The number of thiophene rings is 1. The number of carbonyl (C=O) groups excluding carboxylic acids is 2. The number of carbonyl (C=O) groups is 2. The summed E-state index contributed by atoms with van der Waals surface area (Å²) >= 11 is 1.41. The summed E-state index contributed by atoms with van der Waals surface area (Å²) in [5, 5.41) is 3.08. The minimum atomic E-state index is -0.501. The van der Waals surface area contributed by atoms with Gasteiger partial charge in [0.15, 0.2) is 18.2 Å². The molecule has 0 aliphatic carbocycles. The maximum atomic E-state index is 12.1. The van der Waals surface area contributed by atoms with Crippen LogP contribution in [0.4, 0.5) is 17.6 Å². The molecule has 3 rings (SSSR count). The molecule has 1 aromatic carbocycles. The van der Waals surface area contributed by atoms with Crippen LogP contribution in [-0.4, -0.2) is 26.7 Å². The standard InChI is InChI=1S/C20H21N5O3S/c1-12-5-3-4-6-14(12)22-20-24-17(23-19(21)25-20)11-28-18(27)10-8-15(26)16-9-7-13(2)29-16/h3-7,9H,8,10-11H2,1-2H3,(H3,21,22,23,24,25). The molecular formula is C20H21N5O3S. The predicted octanol–water partition coefficient (Wildman–Crippen LogP) is 3.58. The van der Waals surface area contributed by atoms with Crippen LogP contribution in [0.3, 0.4) is 0 Å². The highest BCUT2D eigenvalue weighted by atomic mass is 32.1. The van der Waals surface area contributed by atoms with E-state index in [1.807, 2.05) is 44.2 Å². The van der Waals surface area contributed by atoms with Crippen LogP contribution in [0.1, 0.15) is 38.8 Å². The van der Waals surface area contributed by atoms with Gasteiger partial charge in [0, 0.05) is 17.0 Å². The Labute approximate surface area is 172 Å². The van der Waals surface area contributed by atoms with Gasteiger partial charge in [-0.25, -0.2) is 0 Å². The number of ether oxygens (including phenoxy) is 1. The lowest BCUT2D eigenvalue weighted by atomic mass is 10.2. The minimum Gasteiger partial charge on any atom is -0.457 e. The molecule has 0 spiro atoms. The number of hydrogen-bond acceptors (Lipinski definition) is 9. The number of rotatable bonds is 8. The number of nitrogen functional groups attached to an aromatic ring is 1. The van der Waals surface area contributed by atoms with Crippen molar-refractivity contribution in [1.82, 2.24) is 15.0 Å². The van der Waals surface area contributed by atoms with Crippen LogP contribution in [-0.2, 0) is 16.1 Å². The normalized spacial score (nSPS) is 10.6. The molecule has 0 saturated carbocycles. The molecule has 0 bridgehead atoms. The number of ketones is 1. The lowest BCUT2D eigenvalue weighted by Gasteiger charge is -2.09. The van der Waals surface area contributed by atoms with E-state index in [-0.39, 0.29) is 43.0 Å². The third-order valence-electron chi connectivity index (χ3n) is 4.02. The van der Waals surface area contributed by atoms with Gasteiger partial charge in [0.1, 0.15) is 0 Å². The number of esters is 1. The SMILES string of the molecule is Cc1ccc(C(=O)CCC(=O)OCc2nc(N)nc(Nc3ccccc3C)n2)s1. The average Bonchev–Trinajstić information content (AvgIpc) is 3.12. The second-order valence-electron chi connectivity index (χ2n) is 6.37. The number of aromatic nitrogens is 3. The summed E-state index contributed by atoms with van der Waals surface area (Å²) in [6.07, 6.45) is 0.0862. The van der Waals surface area contributed by atoms with Crippen LogP contribution in [0, 0.1) is 13.8 Å². The van der Waals surface area contributed by atoms with Gasteiger partial charge in [0.2, 0.25) is 11.9 Å². The van der Waals surface area contributed by atoms with E-state index in [2.05, 4.69) is 20.3 Å². The maximum absolute atomic E-state index is 12.1. The van der Waals surface area contributed by atoms with Crippen molar-refractivity contribution < 1.29 is 14.3 Å².